The van der Waals surface area contributed by atoms with Crippen molar-refractivity contribution in [2.45, 2.75) is 76.2 Å². The van der Waals surface area contributed by atoms with Crippen LogP contribution in [0.1, 0.15) is 67.9 Å². The Bertz CT molecular complexity index is 795. The van der Waals surface area contributed by atoms with E-state index >= 15 is 0 Å². The lowest BCUT2D eigenvalue weighted by Crippen LogP contribution is -2.46. The summed E-state index contributed by atoms with van der Waals surface area (Å²) in [4.78, 5) is 5.98. The van der Waals surface area contributed by atoms with Gasteiger partial charge in [0.2, 0.25) is 0 Å². The first-order valence-corrected chi connectivity index (χ1v) is 12.1. The molecule has 2 aromatic heterocycles. The molecule has 166 valence electrons. The Balaban J connectivity index is 0.00000256. The monoisotopic (exact) mass is 542 g/mol. The molecule has 4 rings (SSSR count). The zero-order chi connectivity index (χ0) is 19.9. The Morgan fingerprint density at radius 2 is 1.97 bits per heavy atom. The number of nitrogens with one attached hydrogen (secondary N) is 2. The topological polar surface area (TPSA) is 67.1 Å². The van der Waals surface area contributed by atoms with Crippen LogP contribution in [0.2, 0.25) is 0 Å². The molecule has 0 unspecified atom stereocenters. The fraction of sp³-hybridized carbons (Fsp3) is 0.682. The van der Waals surface area contributed by atoms with Gasteiger partial charge in [-0.05, 0) is 37.1 Å². The van der Waals surface area contributed by atoms with Gasteiger partial charge in [-0.1, -0.05) is 31.7 Å². The number of hydrogen-bond acceptors (Lipinski definition) is 4. The molecular formula is C22H35IN6S. The summed E-state index contributed by atoms with van der Waals surface area (Å²) in [5, 5.41) is 18.2. The van der Waals surface area contributed by atoms with Crippen LogP contribution >= 0.6 is 35.3 Å². The van der Waals surface area contributed by atoms with E-state index < -0.39 is 0 Å². The molecule has 2 aliphatic rings. The van der Waals surface area contributed by atoms with Crippen molar-refractivity contribution in [2.24, 2.45) is 4.99 Å². The van der Waals surface area contributed by atoms with E-state index in [2.05, 4.69) is 47.9 Å². The summed E-state index contributed by atoms with van der Waals surface area (Å²) in [7, 11) is 1.86. The fourth-order valence-electron chi connectivity index (χ4n) is 4.82. The minimum atomic E-state index is 0. The molecule has 0 spiro atoms. The molecule has 2 aromatic rings. The van der Waals surface area contributed by atoms with E-state index in [-0.39, 0.29) is 29.4 Å². The highest BCUT2D eigenvalue weighted by molar-refractivity contribution is 14.0. The van der Waals surface area contributed by atoms with Crippen LogP contribution in [0.3, 0.4) is 0 Å². The predicted molar refractivity (Wildman–Crippen MR) is 135 cm³/mol. The molecule has 0 saturated heterocycles. The Hall–Kier alpha value is -1.16. The number of hydrogen-bond donors (Lipinski definition) is 2. The van der Waals surface area contributed by atoms with Crippen LogP contribution in [0, 0.1) is 0 Å². The number of fused-ring (bicyclic) bond motifs is 1. The van der Waals surface area contributed by atoms with E-state index in [1.165, 1.54) is 56.2 Å². The van der Waals surface area contributed by atoms with Crippen LogP contribution in [0.25, 0.3) is 0 Å². The lowest BCUT2D eigenvalue weighted by atomic mass is 9.73. The third kappa shape index (κ3) is 5.55. The molecule has 0 amide bonds. The molecule has 1 saturated carbocycles. The number of aryl methyl sites for hydroxylation is 1. The van der Waals surface area contributed by atoms with E-state index in [0.717, 1.165) is 50.1 Å². The van der Waals surface area contributed by atoms with Crippen molar-refractivity contribution < 1.29 is 0 Å². The third-order valence-corrected chi connectivity index (χ3v) is 7.62. The van der Waals surface area contributed by atoms with Gasteiger partial charge in [-0.15, -0.1) is 45.5 Å². The van der Waals surface area contributed by atoms with Gasteiger partial charge < -0.3 is 15.2 Å². The Morgan fingerprint density at radius 1 is 1.13 bits per heavy atom. The molecule has 6 nitrogen and oxygen atoms in total. The second-order valence-electron chi connectivity index (χ2n) is 8.42. The van der Waals surface area contributed by atoms with Gasteiger partial charge in [-0.2, -0.15) is 0 Å². The standard InChI is InChI=1S/C22H34N6S.HI/c1-23-21(24-14-11-20-27-26-19-10-4-2-7-15-28(19)20)25-17-22(12-5-3-6-13-22)18-9-8-16-29-18;/h8-9,16H,2-7,10-15,17H2,1H3,(H2,23,24,25);1H. The summed E-state index contributed by atoms with van der Waals surface area (Å²) in [5.41, 5.74) is 0.258. The van der Waals surface area contributed by atoms with Gasteiger partial charge in [-0.25, -0.2) is 0 Å². The molecule has 0 atom stereocenters. The molecular weight excluding hydrogens is 507 g/mol. The normalized spacial score (nSPS) is 18.8. The lowest BCUT2D eigenvalue weighted by Gasteiger charge is -2.37. The summed E-state index contributed by atoms with van der Waals surface area (Å²) < 4.78 is 2.33. The van der Waals surface area contributed by atoms with Crippen molar-refractivity contribution in [1.82, 2.24) is 25.4 Å². The van der Waals surface area contributed by atoms with Gasteiger partial charge >= 0.3 is 0 Å². The van der Waals surface area contributed by atoms with Crippen LogP contribution in [0.5, 0.6) is 0 Å². The highest BCUT2D eigenvalue weighted by atomic mass is 127. The molecule has 3 heterocycles. The third-order valence-electron chi connectivity index (χ3n) is 6.50. The second-order valence-corrected chi connectivity index (χ2v) is 9.36. The largest absolute Gasteiger partial charge is 0.356 e. The Labute approximate surface area is 201 Å². The Kier molecular flexibility index (Phi) is 8.98. The number of rotatable bonds is 6. The van der Waals surface area contributed by atoms with Crippen molar-refractivity contribution in [1.29, 1.82) is 0 Å². The molecule has 0 radical (unpaired) electrons. The number of aromatic nitrogens is 3. The minimum absolute atomic E-state index is 0. The van der Waals surface area contributed by atoms with Crippen LogP contribution in [0.15, 0.2) is 22.5 Å². The molecule has 8 heteroatoms. The first kappa shape index (κ1) is 23.5. The quantitative estimate of drug-likeness (QED) is 0.325. The van der Waals surface area contributed by atoms with Crippen LogP contribution in [0.4, 0.5) is 0 Å². The zero-order valence-electron chi connectivity index (χ0n) is 18.0. The number of halogens is 1. The predicted octanol–water partition coefficient (Wildman–Crippen LogP) is 4.29. The molecule has 1 fully saturated rings. The smallest absolute Gasteiger partial charge is 0.191 e. The van der Waals surface area contributed by atoms with E-state index in [1.54, 1.807) is 0 Å². The van der Waals surface area contributed by atoms with Gasteiger partial charge in [0.05, 0.1) is 0 Å². The summed E-state index contributed by atoms with van der Waals surface area (Å²) in [6.45, 7) is 2.84. The van der Waals surface area contributed by atoms with E-state index in [1.807, 2.05) is 18.4 Å². The van der Waals surface area contributed by atoms with Crippen molar-refractivity contribution in [3.8, 4) is 0 Å². The zero-order valence-corrected chi connectivity index (χ0v) is 21.2. The van der Waals surface area contributed by atoms with Gasteiger partial charge in [-0.3, -0.25) is 4.99 Å². The summed E-state index contributed by atoms with van der Waals surface area (Å²) >= 11 is 1.90. The van der Waals surface area contributed by atoms with Crippen molar-refractivity contribution in [2.75, 3.05) is 20.1 Å². The first-order chi connectivity index (χ1) is 14.3. The lowest BCUT2D eigenvalue weighted by molar-refractivity contribution is 0.296. The van der Waals surface area contributed by atoms with Crippen LogP contribution in [-0.2, 0) is 24.8 Å². The van der Waals surface area contributed by atoms with Gasteiger partial charge in [0.25, 0.3) is 0 Å². The van der Waals surface area contributed by atoms with Crippen LogP contribution in [-0.4, -0.2) is 40.9 Å². The van der Waals surface area contributed by atoms with Gasteiger partial charge in [0.1, 0.15) is 11.6 Å². The molecule has 2 N–H and O–H groups in total. The van der Waals surface area contributed by atoms with Gasteiger partial charge in [0.15, 0.2) is 5.96 Å². The highest BCUT2D eigenvalue weighted by Gasteiger charge is 2.34. The van der Waals surface area contributed by atoms with Crippen molar-refractivity contribution in [3.63, 3.8) is 0 Å². The number of guanidine groups is 1. The van der Waals surface area contributed by atoms with E-state index in [0.29, 0.717) is 0 Å². The van der Waals surface area contributed by atoms with Crippen LogP contribution < -0.4 is 10.6 Å². The molecule has 0 bridgehead atoms. The minimum Gasteiger partial charge on any atom is -0.356 e. The fourth-order valence-corrected chi connectivity index (χ4v) is 5.80. The summed E-state index contributed by atoms with van der Waals surface area (Å²) in [5.74, 6) is 3.16. The summed E-state index contributed by atoms with van der Waals surface area (Å²) in [6.07, 6.45) is 12.3. The maximum Gasteiger partial charge on any atom is 0.191 e. The van der Waals surface area contributed by atoms with E-state index in [9.17, 15) is 0 Å². The molecule has 0 aromatic carbocycles. The second kappa shape index (κ2) is 11.5. The Morgan fingerprint density at radius 3 is 2.73 bits per heavy atom. The molecule has 30 heavy (non-hydrogen) atoms. The molecule has 1 aliphatic carbocycles. The number of aliphatic imine (C=N–C) groups is 1. The molecule has 1 aliphatic heterocycles. The van der Waals surface area contributed by atoms with Gasteiger partial charge in [0, 0.05) is 49.8 Å². The average molecular weight is 543 g/mol. The number of thiophene rings is 1. The highest BCUT2D eigenvalue weighted by Crippen LogP contribution is 2.41. The summed E-state index contributed by atoms with van der Waals surface area (Å²) in [6, 6.07) is 4.50. The SMILES string of the molecule is CN=C(NCCc1nnc2n1CCCCC2)NCC1(c2cccs2)CCCCC1.I. The van der Waals surface area contributed by atoms with Crippen molar-refractivity contribution in [3.05, 3.63) is 34.0 Å². The maximum atomic E-state index is 4.46. The number of nitrogens with zero attached hydrogens (tertiary/aromatic N) is 4. The maximum absolute atomic E-state index is 4.46. The van der Waals surface area contributed by atoms with E-state index in [4.69, 9.17) is 0 Å². The van der Waals surface area contributed by atoms with Crippen molar-refractivity contribution >= 4 is 41.3 Å². The average Bonchev–Trinajstić information content (AvgIpc) is 3.37. The first-order valence-electron chi connectivity index (χ1n) is 11.2.